The molecular weight excluding hydrogens is 360 g/mol. The normalized spacial score (nSPS) is 12.0. The Hall–Kier alpha value is 0.137. The van der Waals surface area contributed by atoms with Gasteiger partial charge >= 0.3 is 8.56 Å². The molecule has 0 radical (unpaired) electrons. The van der Waals surface area contributed by atoms with Crippen LogP contribution in [-0.4, -0.2) is 22.8 Å². The predicted molar refractivity (Wildman–Crippen MR) is 128 cm³/mol. The first kappa shape index (κ1) is 28.1. The number of rotatable bonds is 23. The van der Waals surface area contributed by atoms with Gasteiger partial charge in [-0.05, 0) is 12.6 Å². The third-order valence-corrected chi connectivity index (χ3v) is 9.34. The van der Waals surface area contributed by atoms with Crippen LogP contribution in [0.4, 0.5) is 0 Å². The van der Waals surface area contributed by atoms with Gasteiger partial charge in [0.1, 0.15) is 0 Å². The van der Waals surface area contributed by atoms with E-state index in [0.29, 0.717) is 0 Å². The van der Waals surface area contributed by atoms with Crippen molar-refractivity contribution in [3.05, 3.63) is 0 Å². The molecule has 0 spiro atoms. The van der Waals surface area contributed by atoms with Gasteiger partial charge in [-0.15, -0.1) is 0 Å². The second-order valence-electron chi connectivity index (χ2n) is 9.01. The van der Waals surface area contributed by atoms with Crippen molar-refractivity contribution in [3.8, 4) is 0 Å². The van der Waals surface area contributed by atoms with Crippen molar-refractivity contribution < 1.29 is 8.85 Å². The Kier molecular flexibility index (Phi) is 21.9. The van der Waals surface area contributed by atoms with E-state index in [4.69, 9.17) is 8.85 Å². The topological polar surface area (TPSA) is 18.5 Å². The van der Waals surface area contributed by atoms with Crippen LogP contribution in [0.3, 0.4) is 0 Å². The molecule has 0 aliphatic rings. The lowest BCUT2D eigenvalue weighted by molar-refractivity contribution is 0.248. The largest absolute Gasteiger partial charge is 0.398 e. The van der Waals surface area contributed by atoms with Crippen molar-refractivity contribution in [2.75, 3.05) is 14.2 Å². The van der Waals surface area contributed by atoms with E-state index in [2.05, 4.69) is 13.5 Å². The third kappa shape index (κ3) is 19.5. The SMILES string of the molecule is CCCCCCCCCCCCCCCCCCCCCC[Si](C)(OC)OC. The molecule has 0 aliphatic heterocycles. The predicted octanol–water partition coefficient (Wildman–Crippen LogP) is 9.17. The lowest BCUT2D eigenvalue weighted by Crippen LogP contribution is -2.35. The van der Waals surface area contributed by atoms with Gasteiger partial charge in [0.05, 0.1) is 0 Å². The van der Waals surface area contributed by atoms with E-state index in [1.54, 1.807) is 14.2 Å². The molecule has 28 heavy (non-hydrogen) atoms. The Morgan fingerprint density at radius 2 is 0.679 bits per heavy atom. The third-order valence-electron chi connectivity index (χ3n) is 6.35. The van der Waals surface area contributed by atoms with Crippen molar-refractivity contribution in [2.45, 2.75) is 148 Å². The minimum atomic E-state index is -1.81. The fourth-order valence-electron chi connectivity index (χ4n) is 3.99. The first-order valence-electron chi connectivity index (χ1n) is 12.8. The van der Waals surface area contributed by atoms with Crippen molar-refractivity contribution >= 4 is 8.56 Å². The fraction of sp³-hybridized carbons (Fsp3) is 1.00. The summed E-state index contributed by atoms with van der Waals surface area (Å²) >= 11 is 0. The molecule has 170 valence electrons. The van der Waals surface area contributed by atoms with Crippen LogP contribution in [0.25, 0.3) is 0 Å². The standard InChI is InChI=1S/C25H54O2Si/c1-5-6-7-8-9-10-11-12-13-14-15-16-17-18-19-20-21-22-23-24-25-28(4,26-2)27-3/h5-25H2,1-4H3. The van der Waals surface area contributed by atoms with Crippen LogP contribution in [0.2, 0.25) is 12.6 Å². The molecule has 0 fully saturated rings. The summed E-state index contributed by atoms with van der Waals surface area (Å²) in [6.07, 6.45) is 28.7. The quantitative estimate of drug-likeness (QED) is 0.122. The molecule has 0 unspecified atom stereocenters. The Bertz CT molecular complexity index is 292. The molecule has 0 aromatic rings. The molecule has 2 nitrogen and oxygen atoms in total. The fourth-order valence-corrected chi connectivity index (χ4v) is 5.46. The summed E-state index contributed by atoms with van der Waals surface area (Å²) in [5, 5.41) is 0. The summed E-state index contributed by atoms with van der Waals surface area (Å²) in [7, 11) is 1.78. The van der Waals surface area contributed by atoms with Gasteiger partial charge in [0, 0.05) is 14.2 Å². The monoisotopic (exact) mass is 414 g/mol. The molecule has 0 aromatic carbocycles. The maximum Gasteiger partial charge on any atom is 0.334 e. The van der Waals surface area contributed by atoms with Crippen molar-refractivity contribution in [3.63, 3.8) is 0 Å². The number of hydrogen-bond acceptors (Lipinski definition) is 2. The minimum Gasteiger partial charge on any atom is -0.398 e. The molecule has 0 amide bonds. The van der Waals surface area contributed by atoms with E-state index in [0.717, 1.165) is 6.04 Å². The summed E-state index contributed by atoms with van der Waals surface area (Å²) < 4.78 is 11.1. The second-order valence-corrected chi connectivity index (χ2v) is 12.6. The lowest BCUT2D eigenvalue weighted by atomic mass is 10.0. The van der Waals surface area contributed by atoms with Crippen LogP contribution >= 0.6 is 0 Å². The van der Waals surface area contributed by atoms with Crippen LogP contribution in [0, 0.1) is 0 Å². The molecule has 0 atom stereocenters. The molecule has 0 N–H and O–H groups in total. The van der Waals surface area contributed by atoms with Crippen LogP contribution in [0.5, 0.6) is 0 Å². The molecule has 3 heteroatoms. The van der Waals surface area contributed by atoms with Gasteiger partial charge in [-0.25, -0.2) is 0 Å². The Labute approximate surface area is 179 Å². The number of hydrogen-bond donors (Lipinski definition) is 0. The van der Waals surface area contributed by atoms with Gasteiger partial charge in [-0.1, -0.05) is 135 Å². The average Bonchev–Trinajstić information content (AvgIpc) is 2.72. The summed E-state index contributed by atoms with van der Waals surface area (Å²) in [5.41, 5.74) is 0. The molecule has 0 heterocycles. The zero-order valence-corrected chi connectivity index (χ0v) is 21.2. The van der Waals surface area contributed by atoms with Gasteiger partial charge in [0.25, 0.3) is 0 Å². The van der Waals surface area contributed by atoms with Crippen LogP contribution in [0.1, 0.15) is 135 Å². The lowest BCUT2D eigenvalue weighted by Gasteiger charge is -2.22. The maximum atomic E-state index is 5.54. The minimum absolute atomic E-state index is 1.14. The maximum absolute atomic E-state index is 5.54. The first-order chi connectivity index (χ1) is 13.7. The van der Waals surface area contributed by atoms with Gasteiger partial charge in [-0.3, -0.25) is 0 Å². The van der Waals surface area contributed by atoms with Gasteiger partial charge in [-0.2, -0.15) is 0 Å². The second kappa shape index (κ2) is 21.8. The molecule has 0 rings (SSSR count). The van der Waals surface area contributed by atoms with Crippen molar-refractivity contribution in [2.24, 2.45) is 0 Å². The van der Waals surface area contributed by atoms with Gasteiger partial charge < -0.3 is 8.85 Å². The van der Waals surface area contributed by atoms with Gasteiger partial charge in [0.2, 0.25) is 0 Å². The van der Waals surface area contributed by atoms with Crippen molar-refractivity contribution in [1.82, 2.24) is 0 Å². The van der Waals surface area contributed by atoms with Gasteiger partial charge in [0.15, 0.2) is 0 Å². The van der Waals surface area contributed by atoms with Crippen LogP contribution in [0.15, 0.2) is 0 Å². The Morgan fingerprint density at radius 1 is 0.429 bits per heavy atom. The van der Waals surface area contributed by atoms with Crippen molar-refractivity contribution in [1.29, 1.82) is 0 Å². The van der Waals surface area contributed by atoms with E-state index >= 15 is 0 Å². The number of unbranched alkanes of at least 4 members (excludes halogenated alkanes) is 19. The highest BCUT2D eigenvalue weighted by atomic mass is 28.4. The zero-order chi connectivity index (χ0) is 20.8. The molecular formula is C25H54O2Si. The van der Waals surface area contributed by atoms with E-state index in [1.165, 1.54) is 128 Å². The van der Waals surface area contributed by atoms with Crippen LogP contribution in [-0.2, 0) is 8.85 Å². The Morgan fingerprint density at radius 3 is 0.929 bits per heavy atom. The first-order valence-corrected chi connectivity index (χ1v) is 15.3. The average molecular weight is 415 g/mol. The highest BCUT2D eigenvalue weighted by Crippen LogP contribution is 2.18. The smallest absolute Gasteiger partial charge is 0.334 e. The summed E-state index contributed by atoms with van der Waals surface area (Å²) in [4.78, 5) is 0. The highest BCUT2D eigenvalue weighted by molar-refractivity contribution is 6.65. The summed E-state index contributed by atoms with van der Waals surface area (Å²) in [6.45, 7) is 4.47. The molecule has 0 aromatic heterocycles. The molecule has 0 bridgehead atoms. The molecule has 0 aliphatic carbocycles. The van der Waals surface area contributed by atoms with E-state index in [1.807, 2.05) is 0 Å². The van der Waals surface area contributed by atoms with E-state index in [9.17, 15) is 0 Å². The molecule has 0 saturated carbocycles. The molecule has 0 saturated heterocycles. The summed E-state index contributed by atoms with van der Waals surface area (Å²) in [5.74, 6) is 0. The van der Waals surface area contributed by atoms with E-state index < -0.39 is 8.56 Å². The Balaban J connectivity index is 3.11. The highest BCUT2D eigenvalue weighted by Gasteiger charge is 2.27. The summed E-state index contributed by atoms with van der Waals surface area (Å²) in [6, 6.07) is 1.14. The van der Waals surface area contributed by atoms with Crippen LogP contribution < -0.4 is 0 Å². The zero-order valence-electron chi connectivity index (χ0n) is 20.2. The van der Waals surface area contributed by atoms with E-state index in [-0.39, 0.29) is 0 Å².